The maximum absolute atomic E-state index is 12.2. The van der Waals surface area contributed by atoms with E-state index in [4.69, 9.17) is 4.42 Å². The van der Waals surface area contributed by atoms with Crippen LogP contribution in [0.1, 0.15) is 28.2 Å². The first-order valence-corrected chi connectivity index (χ1v) is 7.87. The summed E-state index contributed by atoms with van der Waals surface area (Å²) < 4.78 is 7.09. The van der Waals surface area contributed by atoms with Crippen LogP contribution in [0, 0.1) is 13.8 Å². The fourth-order valence-corrected chi connectivity index (χ4v) is 2.65. The molecule has 1 N–H and O–H groups in total. The second-order valence-corrected chi connectivity index (χ2v) is 5.75. The summed E-state index contributed by atoms with van der Waals surface area (Å²) in [7, 11) is 0. The van der Waals surface area contributed by atoms with Crippen LogP contribution in [0.5, 0.6) is 0 Å². The number of carbonyl (C=O) groups excluding carboxylic acids is 1. The van der Waals surface area contributed by atoms with Crippen LogP contribution in [-0.4, -0.2) is 22.2 Å². The zero-order valence-corrected chi connectivity index (χ0v) is 13.7. The first-order valence-electron chi connectivity index (χ1n) is 7.87. The third-order valence-electron chi connectivity index (χ3n) is 3.82. The molecule has 1 aromatic carbocycles. The van der Waals surface area contributed by atoms with E-state index < -0.39 is 11.5 Å². The summed E-state index contributed by atoms with van der Waals surface area (Å²) in [6.07, 6.45) is 0.729. The monoisotopic (exact) mass is 325 g/mol. The fraction of sp³-hybridized carbons (Fsp3) is 0.278. The minimum atomic E-state index is -0.621. The van der Waals surface area contributed by atoms with E-state index >= 15 is 0 Å². The Hall–Kier alpha value is -2.89. The third-order valence-corrected chi connectivity index (χ3v) is 3.82. The number of benzene rings is 1. The Bertz CT molecular complexity index is 940. The lowest BCUT2D eigenvalue weighted by molar-refractivity contribution is 0.0949. The molecule has 6 nitrogen and oxygen atoms in total. The van der Waals surface area contributed by atoms with Crippen molar-refractivity contribution in [2.45, 2.75) is 26.8 Å². The van der Waals surface area contributed by atoms with Gasteiger partial charge in [-0.2, -0.15) is 5.10 Å². The van der Waals surface area contributed by atoms with Crippen molar-refractivity contribution in [2.75, 3.05) is 6.54 Å². The maximum Gasteiger partial charge on any atom is 0.349 e. The van der Waals surface area contributed by atoms with Crippen LogP contribution < -0.4 is 10.9 Å². The fourth-order valence-electron chi connectivity index (χ4n) is 2.65. The van der Waals surface area contributed by atoms with E-state index in [-0.39, 0.29) is 5.56 Å². The number of hydrogen-bond acceptors (Lipinski definition) is 4. The van der Waals surface area contributed by atoms with Crippen LogP contribution in [0.3, 0.4) is 0 Å². The summed E-state index contributed by atoms with van der Waals surface area (Å²) in [6, 6.07) is 10.7. The summed E-state index contributed by atoms with van der Waals surface area (Å²) in [6.45, 7) is 5.12. The van der Waals surface area contributed by atoms with Gasteiger partial charge in [0.2, 0.25) is 0 Å². The summed E-state index contributed by atoms with van der Waals surface area (Å²) in [5.74, 6) is -0.414. The highest BCUT2D eigenvalue weighted by molar-refractivity contribution is 5.96. The maximum atomic E-state index is 12.2. The van der Waals surface area contributed by atoms with Crippen molar-refractivity contribution in [3.05, 3.63) is 63.8 Å². The standard InChI is InChI=1S/C18H19N3O3/c1-12-10-13(2)21(20-12)9-5-8-19-17(22)15-11-14-6-3-4-7-16(14)24-18(15)23/h3-4,6-7,10-11H,5,8-9H2,1-2H3,(H,19,22). The van der Waals surface area contributed by atoms with Crippen molar-refractivity contribution in [1.82, 2.24) is 15.1 Å². The van der Waals surface area contributed by atoms with Gasteiger partial charge in [-0.15, -0.1) is 0 Å². The van der Waals surface area contributed by atoms with E-state index in [1.165, 1.54) is 0 Å². The highest BCUT2D eigenvalue weighted by Gasteiger charge is 2.13. The lowest BCUT2D eigenvalue weighted by Gasteiger charge is -2.06. The summed E-state index contributed by atoms with van der Waals surface area (Å²) in [5.41, 5.74) is 1.95. The number of para-hydroxylation sites is 1. The predicted molar refractivity (Wildman–Crippen MR) is 91.1 cm³/mol. The van der Waals surface area contributed by atoms with E-state index in [1.54, 1.807) is 24.3 Å². The molecule has 6 heteroatoms. The van der Waals surface area contributed by atoms with Crippen molar-refractivity contribution in [1.29, 1.82) is 0 Å². The van der Waals surface area contributed by atoms with Crippen LogP contribution in [0.15, 0.2) is 45.6 Å². The van der Waals surface area contributed by atoms with Crippen LogP contribution in [0.25, 0.3) is 11.0 Å². The normalized spacial score (nSPS) is 10.9. The van der Waals surface area contributed by atoms with Crippen molar-refractivity contribution >= 4 is 16.9 Å². The summed E-state index contributed by atoms with van der Waals surface area (Å²) in [5, 5.41) is 7.86. The number of hydrogen-bond donors (Lipinski definition) is 1. The third kappa shape index (κ3) is 3.37. The van der Waals surface area contributed by atoms with E-state index in [0.717, 1.165) is 23.2 Å². The topological polar surface area (TPSA) is 77.1 Å². The molecule has 0 saturated carbocycles. The van der Waals surface area contributed by atoms with E-state index in [0.29, 0.717) is 18.7 Å². The average Bonchev–Trinajstić information content (AvgIpc) is 2.88. The molecule has 0 bridgehead atoms. The van der Waals surface area contributed by atoms with E-state index in [2.05, 4.69) is 10.4 Å². The molecule has 1 amide bonds. The smallest absolute Gasteiger partial charge is 0.349 e. The Morgan fingerprint density at radius 1 is 1.25 bits per heavy atom. The Balaban J connectivity index is 1.62. The molecule has 0 atom stereocenters. The molecule has 0 unspecified atom stereocenters. The zero-order valence-electron chi connectivity index (χ0n) is 13.7. The molecule has 0 aliphatic carbocycles. The van der Waals surface area contributed by atoms with Crippen molar-refractivity contribution in [2.24, 2.45) is 0 Å². The van der Waals surface area contributed by atoms with Crippen molar-refractivity contribution in [3.8, 4) is 0 Å². The van der Waals surface area contributed by atoms with Gasteiger partial charge in [0.25, 0.3) is 5.91 Å². The van der Waals surface area contributed by atoms with Gasteiger partial charge < -0.3 is 9.73 Å². The predicted octanol–water partition coefficient (Wildman–Crippen LogP) is 2.43. The van der Waals surface area contributed by atoms with Gasteiger partial charge in [0.05, 0.1) is 5.69 Å². The molecule has 0 radical (unpaired) electrons. The molecule has 0 spiro atoms. The largest absolute Gasteiger partial charge is 0.422 e. The van der Waals surface area contributed by atoms with Gasteiger partial charge in [0.1, 0.15) is 11.1 Å². The van der Waals surface area contributed by atoms with Crippen molar-refractivity contribution in [3.63, 3.8) is 0 Å². The Kier molecular flexibility index (Phi) is 4.46. The molecular formula is C18H19N3O3. The number of nitrogens with one attached hydrogen (secondary N) is 1. The SMILES string of the molecule is Cc1cc(C)n(CCCNC(=O)c2cc3ccccc3oc2=O)n1. The van der Waals surface area contributed by atoms with Crippen LogP contribution in [-0.2, 0) is 6.54 Å². The molecular weight excluding hydrogens is 306 g/mol. The minimum Gasteiger partial charge on any atom is -0.422 e. The molecule has 124 valence electrons. The molecule has 24 heavy (non-hydrogen) atoms. The van der Waals surface area contributed by atoms with Gasteiger partial charge in [-0.3, -0.25) is 9.48 Å². The number of aromatic nitrogens is 2. The first kappa shape index (κ1) is 16.0. The van der Waals surface area contributed by atoms with Gasteiger partial charge in [-0.1, -0.05) is 18.2 Å². The second kappa shape index (κ2) is 6.70. The molecule has 2 heterocycles. The highest BCUT2D eigenvalue weighted by atomic mass is 16.4. The van der Waals surface area contributed by atoms with Crippen LogP contribution in [0.2, 0.25) is 0 Å². The number of amides is 1. The van der Waals surface area contributed by atoms with Gasteiger partial charge in [0.15, 0.2) is 0 Å². The molecule has 0 saturated heterocycles. The molecule has 3 rings (SSSR count). The number of rotatable bonds is 5. The van der Waals surface area contributed by atoms with Crippen LogP contribution in [0.4, 0.5) is 0 Å². The zero-order chi connectivity index (χ0) is 17.1. The Labute approximate surface area is 139 Å². The lowest BCUT2D eigenvalue weighted by atomic mass is 10.2. The second-order valence-electron chi connectivity index (χ2n) is 5.75. The van der Waals surface area contributed by atoms with Crippen LogP contribution >= 0.6 is 0 Å². The summed E-state index contributed by atoms with van der Waals surface area (Å²) >= 11 is 0. The van der Waals surface area contributed by atoms with Crippen molar-refractivity contribution < 1.29 is 9.21 Å². The Morgan fingerprint density at radius 2 is 2.04 bits per heavy atom. The lowest BCUT2D eigenvalue weighted by Crippen LogP contribution is -2.29. The van der Waals surface area contributed by atoms with Gasteiger partial charge in [-0.05, 0) is 38.5 Å². The van der Waals surface area contributed by atoms with Gasteiger partial charge in [-0.25, -0.2) is 4.79 Å². The first-order chi connectivity index (χ1) is 11.5. The Morgan fingerprint density at radius 3 is 2.79 bits per heavy atom. The van der Waals surface area contributed by atoms with Gasteiger partial charge >= 0.3 is 5.63 Å². The number of aryl methyl sites for hydroxylation is 3. The molecule has 0 fully saturated rings. The number of carbonyl (C=O) groups is 1. The molecule has 0 aliphatic rings. The summed E-state index contributed by atoms with van der Waals surface area (Å²) in [4.78, 5) is 24.1. The molecule has 0 aliphatic heterocycles. The highest BCUT2D eigenvalue weighted by Crippen LogP contribution is 2.12. The molecule has 3 aromatic rings. The average molecular weight is 325 g/mol. The van der Waals surface area contributed by atoms with Gasteiger partial charge in [0, 0.05) is 24.2 Å². The number of fused-ring (bicyclic) bond motifs is 1. The quantitative estimate of drug-likeness (QED) is 0.577. The van der Waals surface area contributed by atoms with E-state index in [9.17, 15) is 9.59 Å². The van der Waals surface area contributed by atoms with E-state index in [1.807, 2.05) is 30.7 Å². The minimum absolute atomic E-state index is 0.0276. The number of nitrogens with zero attached hydrogens (tertiary/aromatic N) is 2. The molecule has 2 aromatic heterocycles.